The lowest BCUT2D eigenvalue weighted by molar-refractivity contribution is 0.522. The van der Waals surface area contributed by atoms with Gasteiger partial charge in [0.1, 0.15) is 0 Å². The highest BCUT2D eigenvalue weighted by atomic mass is 15.4. The van der Waals surface area contributed by atoms with Crippen LogP contribution in [0, 0.1) is 5.92 Å². The molecule has 0 fully saturated rings. The third-order valence-corrected chi connectivity index (χ3v) is 4.88. The van der Waals surface area contributed by atoms with E-state index in [-0.39, 0.29) is 0 Å². The van der Waals surface area contributed by atoms with Gasteiger partial charge in [-0.3, -0.25) is 0 Å². The first-order chi connectivity index (χ1) is 12.6. The molecular formula is C21H21N5. The lowest BCUT2D eigenvalue weighted by Crippen LogP contribution is -2.02. The molecule has 0 aliphatic rings. The van der Waals surface area contributed by atoms with E-state index in [1.807, 2.05) is 53.3 Å². The van der Waals surface area contributed by atoms with Gasteiger partial charge in [-0.15, -0.1) is 15.3 Å². The molecular weight excluding hydrogens is 322 g/mol. The fraction of sp³-hybridized carbons (Fsp3) is 0.238. The van der Waals surface area contributed by atoms with Crippen LogP contribution in [0.2, 0.25) is 0 Å². The fourth-order valence-electron chi connectivity index (χ4n) is 2.88. The second-order valence-corrected chi connectivity index (χ2v) is 6.96. The SMILES string of the molecule is CC(C)C(C)c1cn(-c2ccc3nnc(-c4ccccc4)cc3c2)nn1. The minimum Gasteiger partial charge on any atom is -0.220 e. The van der Waals surface area contributed by atoms with Crippen LogP contribution in [-0.4, -0.2) is 25.2 Å². The number of aromatic nitrogens is 5. The monoisotopic (exact) mass is 343 g/mol. The lowest BCUT2D eigenvalue weighted by atomic mass is 9.95. The average molecular weight is 343 g/mol. The van der Waals surface area contributed by atoms with Crippen molar-refractivity contribution in [1.29, 1.82) is 0 Å². The Labute approximate surface area is 152 Å². The fourth-order valence-corrected chi connectivity index (χ4v) is 2.88. The standard InChI is InChI=1S/C21H21N5/c1-14(2)15(3)21-13-26(25-24-21)18-9-10-19-17(11-18)12-20(23-22-19)16-7-5-4-6-8-16/h4-15H,1-3H3. The Morgan fingerprint density at radius 2 is 1.65 bits per heavy atom. The Balaban J connectivity index is 1.73. The Kier molecular flexibility index (Phi) is 4.21. The van der Waals surface area contributed by atoms with Gasteiger partial charge in [0.05, 0.1) is 28.8 Å². The number of rotatable bonds is 4. The van der Waals surface area contributed by atoms with E-state index >= 15 is 0 Å². The van der Waals surface area contributed by atoms with Gasteiger partial charge in [0, 0.05) is 16.9 Å². The summed E-state index contributed by atoms with van der Waals surface area (Å²) in [5, 5.41) is 18.4. The number of nitrogens with zero attached hydrogens (tertiary/aromatic N) is 5. The summed E-state index contributed by atoms with van der Waals surface area (Å²) in [5.41, 5.74) is 4.77. The second kappa shape index (κ2) is 6.67. The predicted octanol–water partition coefficient (Wildman–Crippen LogP) is 4.64. The molecule has 2 aromatic heterocycles. The van der Waals surface area contributed by atoms with Crippen LogP contribution in [0.25, 0.3) is 27.8 Å². The highest BCUT2D eigenvalue weighted by molar-refractivity contribution is 5.83. The summed E-state index contributed by atoms with van der Waals surface area (Å²) in [5.74, 6) is 0.903. The van der Waals surface area contributed by atoms with Gasteiger partial charge in [-0.05, 0) is 30.2 Å². The number of hydrogen-bond donors (Lipinski definition) is 0. The molecule has 5 nitrogen and oxygen atoms in total. The van der Waals surface area contributed by atoms with Crippen LogP contribution in [0.4, 0.5) is 0 Å². The van der Waals surface area contributed by atoms with E-state index in [0.717, 1.165) is 33.5 Å². The molecule has 0 saturated heterocycles. The summed E-state index contributed by atoms with van der Waals surface area (Å²) in [7, 11) is 0. The van der Waals surface area contributed by atoms with Gasteiger partial charge < -0.3 is 0 Å². The van der Waals surface area contributed by atoms with Crippen LogP contribution in [0.15, 0.2) is 60.8 Å². The molecule has 0 N–H and O–H groups in total. The van der Waals surface area contributed by atoms with Crippen molar-refractivity contribution < 1.29 is 0 Å². The largest absolute Gasteiger partial charge is 0.220 e. The summed E-state index contributed by atoms with van der Waals surface area (Å²) in [6.45, 7) is 6.58. The Bertz CT molecular complexity index is 1040. The van der Waals surface area contributed by atoms with Gasteiger partial charge in [-0.25, -0.2) is 4.68 Å². The molecule has 0 radical (unpaired) electrons. The zero-order valence-electron chi connectivity index (χ0n) is 15.2. The van der Waals surface area contributed by atoms with Crippen molar-refractivity contribution in [2.24, 2.45) is 5.92 Å². The summed E-state index contributed by atoms with van der Waals surface area (Å²) in [4.78, 5) is 0. The molecule has 0 aliphatic heterocycles. The first-order valence-electron chi connectivity index (χ1n) is 8.87. The van der Waals surface area contributed by atoms with Crippen molar-refractivity contribution in [1.82, 2.24) is 25.2 Å². The molecule has 1 atom stereocenters. The van der Waals surface area contributed by atoms with E-state index in [4.69, 9.17) is 0 Å². The highest BCUT2D eigenvalue weighted by Gasteiger charge is 2.14. The van der Waals surface area contributed by atoms with Crippen molar-refractivity contribution >= 4 is 10.9 Å². The van der Waals surface area contributed by atoms with Gasteiger partial charge in [0.2, 0.25) is 0 Å². The van der Waals surface area contributed by atoms with Gasteiger partial charge in [-0.2, -0.15) is 0 Å². The Morgan fingerprint density at radius 1 is 0.846 bits per heavy atom. The Hall–Kier alpha value is -3.08. The van der Waals surface area contributed by atoms with E-state index in [0.29, 0.717) is 11.8 Å². The van der Waals surface area contributed by atoms with Gasteiger partial charge in [0.15, 0.2) is 0 Å². The van der Waals surface area contributed by atoms with Crippen LogP contribution in [-0.2, 0) is 0 Å². The predicted molar refractivity (Wildman–Crippen MR) is 103 cm³/mol. The highest BCUT2D eigenvalue weighted by Crippen LogP contribution is 2.24. The summed E-state index contributed by atoms with van der Waals surface area (Å²) >= 11 is 0. The maximum Gasteiger partial charge on any atom is 0.0936 e. The maximum atomic E-state index is 4.35. The molecule has 4 aromatic rings. The average Bonchev–Trinajstić information content (AvgIpc) is 3.17. The zero-order chi connectivity index (χ0) is 18.1. The molecule has 0 aliphatic carbocycles. The van der Waals surface area contributed by atoms with Crippen molar-refractivity contribution in [2.45, 2.75) is 26.7 Å². The smallest absolute Gasteiger partial charge is 0.0936 e. The molecule has 2 aromatic carbocycles. The van der Waals surface area contributed by atoms with Gasteiger partial charge in [0.25, 0.3) is 0 Å². The minimum atomic E-state index is 0.375. The van der Waals surface area contributed by atoms with E-state index in [9.17, 15) is 0 Å². The van der Waals surface area contributed by atoms with Crippen molar-refractivity contribution in [2.75, 3.05) is 0 Å². The van der Waals surface area contributed by atoms with Gasteiger partial charge >= 0.3 is 0 Å². The molecule has 0 bridgehead atoms. The van der Waals surface area contributed by atoms with Gasteiger partial charge in [-0.1, -0.05) is 56.3 Å². The quantitative estimate of drug-likeness (QED) is 0.542. The summed E-state index contributed by atoms with van der Waals surface area (Å²) in [6, 6.07) is 18.2. The van der Waals surface area contributed by atoms with Crippen LogP contribution in [0.1, 0.15) is 32.4 Å². The number of hydrogen-bond acceptors (Lipinski definition) is 4. The molecule has 0 amide bonds. The molecule has 4 rings (SSSR count). The summed E-state index contributed by atoms with van der Waals surface area (Å²) < 4.78 is 1.83. The molecule has 0 spiro atoms. The third-order valence-electron chi connectivity index (χ3n) is 4.88. The Morgan fingerprint density at radius 3 is 2.42 bits per heavy atom. The van der Waals surface area contributed by atoms with Crippen molar-refractivity contribution in [3.8, 4) is 16.9 Å². The number of fused-ring (bicyclic) bond motifs is 1. The normalized spacial score (nSPS) is 12.6. The molecule has 1 unspecified atom stereocenters. The van der Waals surface area contributed by atoms with Crippen molar-refractivity contribution in [3.05, 3.63) is 66.5 Å². The molecule has 2 heterocycles. The van der Waals surface area contributed by atoms with Crippen LogP contribution >= 0.6 is 0 Å². The van der Waals surface area contributed by atoms with Crippen molar-refractivity contribution in [3.63, 3.8) is 0 Å². The third kappa shape index (κ3) is 3.08. The minimum absolute atomic E-state index is 0.375. The number of benzene rings is 2. The van der Waals surface area contributed by atoms with E-state index in [1.54, 1.807) is 0 Å². The van der Waals surface area contributed by atoms with Crippen LogP contribution in [0.5, 0.6) is 0 Å². The van der Waals surface area contributed by atoms with Crippen LogP contribution in [0.3, 0.4) is 0 Å². The summed E-state index contributed by atoms with van der Waals surface area (Å²) in [6.07, 6.45) is 2.01. The van der Waals surface area contributed by atoms with Crippen LogP contribution < -0.4 is 0 Å². The topological polar surface area (TPSA) is 56.5 Å². The van der Waals surface area contributed by atoms with E-state index < -0.39 is 0 Å². The molecule has 0 saturated carbocycles. The van der Waals surface area contributed by atoms with E-state index in [2.05, 4.69) is 53.4 Å². The first kappa shape index (κ1) is 16.4. The molecule has 130 valence electrons. The lowest BCUT2D eigenvalue weighted by Gasteiger charge is -2.11. The first-order valence-corrected chi connectivity index (χ1v) is 8.87. The maximum absolute atomic E-state index is 4.35. The molecule has 5 heteroatoms. The zero-order valence-corrected chi connectivity index (χ0v) is 15.2. The second-order valence-electron chi connectivity index (χ2n) is 6.96. The molecule has 26 heavy (non-hydrogen) atoms. The van der Waals surface area contributed by atoms with E-state index in [1.165, 1.54) is 0 Å².